The van der Waals surface area contributed by atoms with Gasteiger partial charge < -0.3 is 25.2 Å². The monoisotopic (exact) mass is 466 g/mol. The zero-order valence-corrected chi connectivity index (χ0v) is 17.6. The predicted octanol–water partition coefficient (Wildman–Crippen LogP) is 3.02. The topological polar surface area (TPSA) is 96.9 Å². The van der Waals surface area contributed by atoms with E-state index in [0.717, 1.165) is 12.1 Å². The highest BCUT2D eigenvalue weighted by molar-refractivity contribution is 6.30. The Kier molecular flexibility index (Phi) is 7.66. The molecule has 2 amide bonds. The van der Waals surface area contributed by atoms with Crippen LogP contribution in [0.15, 0.2) is 48.7 Å². The van der Waals surface area contributed by atoms with Crippen LogP contribution in [0.3, 0.4) is 0 Å². The summed E-state index contributed by atoms with van der Waals surface area (Å²) in [4.78, 5) is 24.3. The predicted molar refractivity (Wildman–Crippen MR) is 112 cm³/mol. The molecule has 0 spiro atoms. The summed E-state index contributed by atoms with van der Waals surface area (Å²) in [5, 5.41) is 15.9. The molecular weight excluding hydrogens is 446 g/mol. The Bertz CT molecular complexity index is 1030. The number of halogens is 3. The number of hydrogen-bond donors (Lipinski definition) is 3. The van der Waals surface area contributed by atoms with Crippen molar-refractivity contribution in [1.82, 2.24) is 10.6 Å². The number of rotatable bonds is 8. The van der Waals surface area contributed by atoms with Crippen LogP contribution in [0.4, 0.5) is 8.78 Å². The normalized spacial score (nSPS) is 17.0. The molecule has 2 atom stereocenters. The second-order valence-corrected chi connectivity index (χ2v) is 7.53. The molecule has 3 rings (SSSR count). The molecule has 0 saturated heterocycles. The Morgan fingerprint density at radius 3 is 2.75 bits per heavy atom. The fourth-order valence-corrected chi connectivity index (χ4v) is 3.20. The maximum absolute atomic E-state index is 13.1. The summed E-state index contributed by atoms with van der Waals surface area (Å²) in [5.41, 5.74) is 0.866. The number of aliphatic hydroxyl groups excluding tert-OH is 1. The number of benzene rings is 2. The molecule has 1 aliphatic rings. The van der Waals surface area contributed by atoms with Crippen LogP contribution in [0.2, 0.25) is 5.02 Å². The van der Waals surface area contributed by atoms with Gasteiger partial charge in [0.2, 0.25) is 0 Å². The first-order valence-corrected chi connectivity index (χ1v) is 10.1. The highest BCUT2D eigenvalue weighted by Crippen LogP contribution is 2.36. The van der Waals surface area contributed by atoms with Gasteiger partial charge in [-0.25, -0.2) is 8.78 Å². The second kappa shape index (κ2) is 10.4. The number of ether oxygens (including phenoxy) is 2. The first-order valence-electron chi connectivity index (χ1n) is 9.70. The Morgan fingerprint density at radius 1 is 1.22 bits per heavy atom. The molecule has 0 unspecified atom stereocenters. The van der Waals surface area contributed by atoms with Crippen molar-refractivity contribution in [1.29, 1.82) is 0 Å². The zero-order chi connectivity index (χ0) is 23.3. The fraction of sp³-hybridized carbons (Fsp3) is 0.273. The molecule has 32 heavy (non-hydrogen) atoms. The van der Waals surface area contributed by atoms with Gasteiger partial charge in [0.15, 0.2) is 24.3 Å². The van der Waals surface area contributed by atoms with Gasteiger partial charge in [0, 0.05) is 41.7 Å². The van der Waals surface area contributed by atoms with E-state index in [2.05, 4.69) is 17.2 Å². The average molecular weight is 467 g/mol. The van der Waals surface area contributed by atoms with Crippen molar-refractivity contribution >= 4 is 23.4 Å². The Balaban J connectivity index is 1.39. The van der Waals surface area contributed by atoms with Gasteiger partial charge in [0.05, 0.1) is 6.10 Å². The number of amides is 2. The smallest absolute Gasteiger partial charge is 0.265 e. The van der Waals surface area contributed by atoms with Gasteiger partial charge in [-0.2, -0.15) is 0 Å². The van der Waals surface area contributed by atoms with Crippen LogP contribution in [0, 0.1) is 11.6 Å². The van der Waals surface area contributed by atoms with Gasteiger partial charge in [-0.1, -0.05) is 18.2 Å². The van der Waals surface area contributed by atoms with Crippen LogP contribution >= 0.6 is 11.6 Å². The molecule has 170 valence electrons. The summed E-state index contributed by atoms with van der Waals surface area (Å²) in [5.74, 6) is -2.63. The maximum Gasteiger partial charge on any atom is 0.265 e. The van der Waals surface area contributed by atoms with Gasteiger partial charge in [-0.15, -0.1) is 0 Å². The average Bonchev–Trinajstić information content (AvgIpc) is 2.75. The van der Waals surface area contributed by atoms with Gasteiger partial charge >= 0.3 is 0 Å². The van der Waals surface area contributed by atoms with E-state index in [0.29, 0.717) is 22.0 Å². The number of carbonyl (C=O) groups excluding carboxylic acids is 2. The minimum absolute atomic E-state index is 0.0224. The first kappa shape index (κ1) is 23.5. The fourth-order valence-electron chi connectivity index (χ4n) is 3.02. The maximum atomic E-state index is 13.1. The lowest BCUT2D eigenvalue weighted by molar-refractivity contribution is -0.129. The summed E-state index contributed by atoms with van der Waals surface area (Å²) < 4.78 is 36.7. The number of aliphatic hydroxyl groups is 1. The van der Waals surface area contributed by atoms with Crippen molar-refractivity contribution in [3.63, 3.8) is 0 Å². The van der Waals surface area contributed by atoms with E-state index in [1.165, 1.54) is 6.07 Å². The highest BCUT2D eigenvalue weighted by Gasteiger charge is 2.32. The zero-order valence-electron chi connectivity index (χ0n) is 16.9. The highest BCUT2D eigenvalue weighted by atomic mass is 35.5. The third kappa shape index (κ3) is 6.18. The quantitative estimate of drug-likeness (QED) is 0.555. The minimum atomic E-state index is -1.07. The van der Waals surface area contributed by atoms with Crippen LogP contribution in [-0.2, 0) is 9.59 Å². The van der Waals surface area contributed by atoms with E-state index in [1.54, 1.807) is 18.2 Å². The van der Waals surface area contributed by atoms with Crippen molar-refractivity contribution in [2.75, 3.05) is 13.2 Å². The summed E-state index contributed by atoms with van der Waals surface area (Å²) >= 11 is 5.92. The van der Waals surface area contributed by atoms with E-state index >= 15 is 0 Å². The largest absolute Gasteiger partial charge is 0.484 e. The van der Waals surface area contributed by atoms with Crippen LogP contribution in [0.1, 0.15) is 24.5 Å². The molecule has 7 nitrogen and oxygen atoms in total. The molecule has 0 saturated carbocycles. The standard InChI is InChI=1S/C22H21ClF2N2O5/c1-12(6-7-26-21(29)11-31-14-3-4-16(24)17(25)9-14)27-22(30)20-10-18(28)15-8-13(23)2-5-19(15)32-20/h2-5,8-9,18,20,28H,1,6-7,10-11H2,(H,26,29)(H,27,30)/t18-,20-/m0/s1. The number of fused-ring (bicyclic) bond motifs is 1. The molecule has 10 heteroatoms. The Labute approximate surface area is 188 Å². The molecule has 0 radical (unpaired) electrons. The van der Waals surface area contributed by atoms with Crippen LogP contribution in [-0.4, -0.2) is 36.2 Å². The lowest BCUT2D eigenvalue weighted by atomic mass is 9.98. The lowest BCUT2D eigenvalue weighted by Crippen LogP contribution is -2.41. The van der Waals surface area contributed by atoms with Crippen molar-refractivity contribution in [3.05, 3.63) is 70.9 Å². The summed E-state index contributed by atoms with van der Waals surface area (Å²) in [6.45, 7) is 3.52. The van der Waals surface area contributed by atoms with Crippen LogP contribution < -0.4 is 20.1 Å². The Hall–Kier alpha value is -3.17. The molecule has 3 N–H and O–H groups in total. The van der Waals surface area contributed by atoms with E-state index < -0.39 is 35.7 Å². The number of hydrogen-bond acceptors (Lipinski definition) is 5. The SMILES string of the molecule is C=C(CCNC(=O)COc1ccc(F)c(F)c1)NC(=O)[C@@H]1C[C@H](O)c2cc(Cl)ccc2O1. The van der Waals surface area contributed by atoms with E-state index in [1.807, 2.05) is 0 Å². The van der Waals surface area contributed by atoms with E-state index in [-0.39, 0.29) is 31.7 Å². The van der Waals surface area contributed by atoms with Gasteiger partial charge in [-0.3, -0.25) is 9.59 Å². The molecule has 1 heterocycles. The van der Waals surface area contributed by atoms with Crippen molar-refractivity contribution in [2.45, 2.75) is 25.0 Å². The molecule has 1 aliphatic heterocycles. The van der Waals surface area contributed by atoms with Gasteiger partial charge in [-0.05, 0) is 30.3 Å². The number of nitrogens with one attached hydrogen (secondary N) is 2. The van der Waals surface area contributed by atoms with Crippen molar-refractivity contribution < 1.29 is 33.0 Å². The van der Waals surface area contributed by atoms with Crippen LogP contribution in [0.25, 0.3) is 0 Å². The summed E-state index contributed by atoms with van der Waals surface area (Å²) in [7, 11) is 0. The lowest BCUT2D eigenvalue weighted by Gasteiger charge is -2.29. The number of carbonyl (C=O) groups is 2. The minimum Gasteiger partial charge on any atom is -0.484 e. The third-order valence-corrected chi connectivity index (χ3v) is 4.87. The molecule has 0 bridgehead atoms. The summed E-state index contributed by atoms with van der Waals surface area (Å²) in [6.07, 6.45) is -1.50. The molecular formula is C22H21ClF2N2O5. The third-order valence-electron chi connectivity index (χ3n) is 4.64. The Morgan fingerprint density at radius 2 is 2.00 bits per heavy atom. The van der Waals surface area contributed by atoms with Crippen molar-refractivity contribution in [3.8, 4) is 11.5 Å². The molecule has 2 aromatic carbocycles. The summed E-state index contributed by atoms with van der Waals surface area (Å²) in [6, 6.07) is 7.74. The second-order valence-electron chi connectivity index (χ2n) is 7.10. The molecule has 2 aromatic rings. The first-order chi connectivity index (χ1) is 15.2. The van der Waals surface area contributed by atoms with E-state index in [9.17, 15) is 23.5 Å². The van der Waals surface area contributed by atoms with Gasteiger partial charge in [0.25, 0.3) is 11.8 Å². The van der Waals surface area contributed by atoms with Crippen molar-refractivity contribution in [2.24, 2.45) is 0 Å². The molecule has 0 aliphatic carbocycles. The molecule has 0 aromatic heterocycles. The van der Waals surface area contributed by atoms with E-state index in [4.69, 9.17) is 21.1 Å². The van der Waals surface area contributed by atoms with Crippen LogP contribution in [0.5, 0.6) is 11.5 Å². The van der Waals surface area contributed by atoms with Gasteiger partial charge in [0.1, 0.15) is 11.5 Å². The molecule has 0 fully saturated rings.